The smallest absolute Gasteiger partial charge is 0.268 e. The Morgan fingerprint density at radius 2 is 2.15 bits per heavy atom. The minimum Gasteiger partial charge on any atom is -0.382 e. The van der Waals surface area contributed by atoms with Gasteiger partial charge in [0.15, 0.2) is 5.13 Å². The van der Waals surface area contributed by atoms with E-state index in [0.717, 1.165) is 37.5 Å². The molecule has 1 aliphatic rings. The van der Waals surface area contributed by atoms with Crippen LogP contribution in [0.3, 0.4) is 0 Å². The number of thiazole rings is 1. The van der Waals surface area contributed by atoms with E-state index in [1.165, 1.54) is 24.2 Å². The number of rotatable bonds is 6. The van der Waals surface area contributed by atoms with Gasteiger partial charge in [-0.2, -0.15) is 0 Å². The SMILES string of the molecule is CCCNc1nc(N)c(C(=O)N(CC)C2CCCC2)s1. The van der Waals surface area contributed by atoms with Crippen LogP contribution in [0.1, 0.15) is 55.6 Å². The van der Waals surface area contributed by atoms with Gasteiger partial charge in [0.05, 0.1) is 0 Å². The number of carbonyl (C=O) groups is 1. The highest BCUT2D eigenvalue weighted by Gasteiger charge is 2.28. The molecule has 0 bridgehead atoms. The molecule has 0 aromatic carbocycles. The van der Waals surface area contributed by atoms with Gasteiger partial charge in [-0.1, -0.05) is 31.1 Å². The van der Waals surface area contributed by atoms with Crippen molar-refractivity contribution in [3.63, 3.8) is 0 Å². The van der Waals surface area contributed by atoms with Gasteiger partial charge in [0, 0.05) is 19.1 Å². The van der Waals surface area contributed by atoms with Crippen molar-refractivity contribution >= 4 is 28.2 Å². The first kappa shape index (κ1) is 15.1. The standard InChI is InChI=1S/C14H24N4OS/c1-3-9-16-14-17-12(15)11(20-14)13(19)18(4-2)10-7-5-6-8-10/h10H,3-9,15H2,1-2H3,(H,16,17). The minimum absolute atomic E-state index is 0.0407. The third kappa shape index (κ3) is 3.23. The van der Waals surface area contributed by atoms with Crippen LogP contribution >= 0.6 is 11.3 Å². The zero-order valence-electron chi connectivity index (χ0n) is 12.3. The number of aromatic nitrogens is 1. The summed E-state index contributed by atoms with van der Waals surface area (Å²) in [7, 11) is 0. The van der Waals surface area contributed by atoms with E-state index < -0.39 is 0 Å². The largest absolute Gasteiger partial charge is 0.382 e. The van der Waals surface area contributed by atoms with Gasteiger partial charge in [0.25, 0.3) is 5.91 Å². The molecule has 0 spiro atoms. The van der Waals surface area contributed by atoms with Crippen molar-refractivity contribution in [1.29, 1.82) is 0 Å². The molecule has 1 aliphatic carbocycles. The molecule has 0 aliphatic heterocycles. The lowest BCUT2D eigenvalue weighted by molar-refractivity contribution is 0.0699. The zero-order valence-corrected chi connectivity index (χ0v) is 13.1. The van der Waals surface area contributed by atoms with Crippen molar-refractivity contribution in [3.05, 3.63) is 4.88 Å². The molecule has 1 aromatic heterocycles. The Morgan fingerprint density at radius 3 is 2.75 bits per heavy atom. The number of nitrogens with one attached hydrogen (secondary N) is 1. The summed E-state index contributed by atoms with van der Waals surface area (Å²) in [5, 5.41) is 3.94. The number of nitrogens with two attached hydrogens (primary N) is 1. The van der Waals surface area contributed by atoms with E-state index in [-0.39, 0.29) is 5.91 Å². The fraction of sp³-hybridized carbons (Fsp3) is 0.714. The molecule has 1 amide bonds. The second kappa shape index (κ2) is 6.92. The summed E-state index contributed by atoms with van der Waals surface area (Å²) < 4.78 is 0. The summed E-state index contributed by atoms with van der Waals surface area (Å²) >= 11 is 1.37. The van der Waals surface area contributed by atoms with Gasteiger partial charge in [-0.25, -0.2) is 4.98 Å². The number of nitrogens with zero attached hydrogens (tertiary/aromatic N) is 2. The van der Waals surface area contributed by atoms with Gasteiger partial charge >= 0.3 is 0 Å². The highest BCUT2D eigenvalue weighted by Crippen LogP contribution is 2.30. The number of hydrogen-bond donors (Lipinski definition) is 2. The lowest BCUT2D eigenvalue weighted by Gasteiger charge is -2.27. The predicted molar refractivity (Wildman–Crippen MR) is 84.3 cm³/mol. The second-order valence-electron chi connectivity index (χ2n) is 5.19. The van der Waals surface area contributed by atoms with E-state index >= 15 is 0 Å². The van der Waals surface area contributed by atoms with Crippen molar-refractivity contribution in [1.82, 2.24) is 9.88 Å². The average molecular weight is 296 g/mol. The summed E-state index contributed by atoms with van der Waals surface area (Å²) in [6, 6.07) is 0.376. The molecule has 3 N–H and O–H groups in total. The topological polar surface area (TPSA) is 71.2 Å². The third-order valence-electron chi connectivity index (χ3n) is 3.74. The fourth-order valence-electron chi connectivity index (χ4n) is 2.71. The van der Waals surface area contributed by atoms with Crippen LogP contribution in [0, 0.1) is 0 Å². The second-order valence-corrected chi connectivity index (χ2v) is 6.19. The summed E-state index contributed by atoms with van der Waals surface area (Å²) in [6.45, 7) is 5.71. The zero-order chi connectivity index (χ0) is 14.5. The molecule has 2 rings (SSSR count). The highest BCUT2D eigenvalue weighted by molar-refractivity contribution is 7.18. The third-order valence-corrected chi connectivity index (χ3v) is 4.76. The van der Waals surface area contributed by atoms with Gasteiger partial charge in [-0.3, -0.25) is 4.79 Å². The molecule has 1 saturated carbocycles. The Bertz CT molecular complexity index is 454. The monoisotopic (exact) mass is 296 g/mol. The molecular weight excluding hydrogens is 272 g/mol. The molecule has 1 fully saturated rings. The average Bonchev–Trinajstić information content (AvgIpc) is 3.07. The van der Waals surface area contributed by atoms with E-state index in [2.05, 4.69) is 17.2 Å². The van der Waals surface area contributed by atoms with E-state index in [0.29, 0.717) is 16.7 Å². The van der Waals surface area contributed by atoms with Crippen molar-refractivity contribution in [2.24, 2.45) is 0 Å². The Kier molecular flexibility index (Phi) is 5.23. The highest BCUT2D eigenvalue weighted by atomic mass is 32.1. The van der Waals surface area contributed by atoms with Crippen LogP contribution in [-0.2, 0) is 0 Å². The van der Waals surface area contributed by atoms with Gasteiger partial charge in [-0.05, 0) is 26.2 Å². The van der Waals surface area contributed by atoms with E-state index in [4.69, 9.17) is 5.73 Å². The maximum absolute atomic E-state index is 12.7. The molecule has 112 valence electrons. The molecule has 6 heteroatoms. The summed E-state index contributed by atoms with van der Waals surface area (Å²) in [6.07, 6.45) is 5.68. The first-order chi connectivity index (χ1) is 9.67. The van der Waals surface area contributed by atoms with Crippen molar-refractivity contribution in [2.75, 3.05) is 24.1 Å². The maximum atomic E-state index is 12.7. The number of nitrogen functional groups attached to an aromatic ring is 1. The van der Waals surface area contributed by atoms with Crippen LogP contribution in [0.2, 0.25) is 0 Å². The Labute approximate surface area is 124 Å². The first-order valence-corrected chi connectivity index (χ1v) is 8.30. The number of carbonyl (C=O) groups excluding carboxylic acids is 1. The molecule has 20 heavy (non-hydrogen) atoms. The minimum atomic E-state index is 0.0407. The molecule has 5 nitrogen and oxygen atoms in total. The lowest BCUT2D eigenvalue weighted by atomic mass is 10.2. The Balaban J connectivity index is 2.12. The fourth-order valence-corrected chi connectivity index (χ4v) is 3.57. The van der Waals surface area contributed by atoms with Crippen LogP contribution in [0.4, 0.5) is 10.9 Å². The van der Waals surface area contributed by atoms with Crippen LogP contribution < -0.4 is 11.1 Å². The summed E-state index contributed by atoms with van der Waals surface area (Å²) in [5.74, 6) is 0.397. The number of amides is 1. The number of anilines is 2. The van der Waals surface area contributed by atoms with Gasteiger partial charge < -0.3 is 16.0 Å². The number of hydrogen-bond acceptors (Lipinski definition) is 5. The summed E-state index contributed by atoms with van der Waals surface area (Å²) in [4.78, 5) is 19.4. The van der Waals surface area contributed by atoms with Gasteiger partial charge in [-0.15, -0.1) is 0 Å². The maximum Gasteiger partial charge on any atom is 0.268 e. The molecule has 0 radical (unpaired) electrons. The van der Waals surface area contributed by atoms with Crippen molar-refractivity contribution in [3.8, 4) is 0 Å². The summed E-state index contributed by atoms with van der Waals surface area (Å²) in [5.41, 5.74) is 5.92. The molecule has 0 atom stereocenters. The van der Waals surface area contributed by atoms with Gasteiger partial charge in [0.1, 0.15) is 10.7 Å². The molecule has 0 saturated heterocycles. The first-order valence-electron chi connectivity index (χ1n) is 7.48. The van der Waals surface area contributed by atoms with Gasteiger partial charge in [0.2, 0.25) is 0 Å². The van der Waals surface area contributed by atoms with E-state index in [1.807, 2.05) is 11.8 Å². The molecular formula is C14H24N4OS. The Hall–Kier alpha value is -1.30. The molecule has 1 aromatic rings. The van der Waals surface area contributed by atoms with E-state index in [9.17, 15) is 4.79 Å². The lowest BCUT2D eigenvalue weighted by Crippen LogP contribution is -2.38. The van der Waals surface area contributed by atoms with Crippen molar-refractivity contribution in [2.45, 2.75) is 52.0 Å². The normalized spacial score (nSPS) is 15.5. The molecule has 0 unspecified atom stereocenters. The Morgan fingerprint density at radius 1 is 1.45 bits per heavy atom. The van der Waals surface area contributed by atoms with Crippen LogP contribution in [0.5, 0.6) is 0 Å². The van der Waals surface area contributed by atoms with Crippen LogP contribution in [0.25, 0.3) is 0 Å². The van der Waals surface area contributed by atoms with Crippen molar-refractivity contribution < 1.29 is 4.79 Å². The molecule has 1 heterocycles. The van der Waals surface area contributed by atoms with Crippen LogP contribution in [0.15, 0.2) is 0 Å². The predicted octanol–water partition coefficient (Wildman–Crippen LogP) is 2.95. The quantitative estimate of drug-likeness (QED) is 0.846. The van der Waals surface area contributed by atoms with E-state index in [1.54, 1.807) is 0 Å². The van der Waals surface area contributed by atoms with Crippen LogP contribution in [-0.4, -0.2) is 34.9 Å².